The van der Waals surface area contributed by atoms with Gasteiger partial charge in [0, 0.05) is 6.20 Å². The van der Waals surface area contributed by atoms with Gasteiger partial charge in [0.25, 0.3) is 0 Å². The molecule has 3 atom stereocenters. The molecule has 0 bridgehead atoms. The molecule has 3 rings (SSSR count). The fourth-order valence-corrected chi connectivity index (χ4v) is 4.01. The van der Waals surface area contributed by atoms with Gasteiger partial charge in [-0.15, -0.1) is 0 Å². The summed E-state index contributed by atoms with van der Waals surface area (Å²) in [6, 6.07) is 11.4. The van der Waals surface area contributed by atoms with Crippen LogP contribution in [0.1, 0.15) is 55.4 Å². The minimum atomic E-state index is -1.14. The predicted molar refractivity (Wildman–Crippen MR) is 125 cm³/mol. The van der Waals surface area contributed by atoms with E-state index in [9.17, 15) is 19.5 Å². The van der Waals surface area contributed by atoms with Gasteiger partial charge in [0.1, 0.15) is 17.3 Å². The lowest BCUT2D eigenvalue weighted by molar-refractivity contribution is -0.164. The van der Waals surface area contributed by atoms with Crippen molar-refractivity contribution in [1.29, 1.82) is 0 Å². The summed E-state index contributed by atoms with van der Waals surface area (Å²) in [6.45, 7) is 7.14. The number of likely N-dealkylation sites (tertiary alicyclic amines) is 1. The van der Waals surface area contributed by atoms with Crippen molar-refractivity contribution in [2.45, 2.75) is 51.8 Å². The summed E-state index contributed by atoms with van der Waals surface area (Å²) in [5.41, 5.74) is 1.01. The van der Waals surface area contributed by atoms with Crippen molar-refractivity contribution in [3.05, 3.63) is 65.5 Å². The number of aromatic nitrogens is 1. The Hall–Kier alpha value is -3.33. The van der Waals surface area contributed by atoms with Crippen molar-refractivity contribution in [2.24, 2.45) is 5.92 Å². The highest BCUT2D eigenvalue weighted by Gasteiger charge is 2.53. The molecule has 9 heteroatoms. The van der Waals surface area contributed by atoms with E-state index < -0.39 is 29.5 Å². The van der Waals surface area contributed by atoms with Crippen LogP contribution in [0.5, 0.6) is 0 Å². The second kappa shape index (κ2) is 9.66. The van der Waals surface area contributed by atoms with Gasteiger partial charge in [0.15, 0.2) is 5.11 Å². The first-order valence-corrected chi connectivity index (χ1v) is 11.0. The maximum Gasteiger partial charge on any atom is 0.357 e. The third kappa shape index (κ3) is 5.73. The summed E-state index contributed by atoms with van der Waals surface area (Å²) in [5, 5.41) is 12.9. The molecule has 0 saturated carbocycles. The smallest absolute Gasteiger partial charge is 0.357 e. The van der Waals surface area contributed by atoms with Gasteiger partial charge in [-0.05, 0) is 69.6 Å². The number of carbonyl (C=O) groups is 3. The number of hydrogen-bond donors (Lipinski definition) is 2. The Kier molecular flexibility index (Phi) is 7.12. The molecule has 33 heavy (non-hydrogen) atoms. The number of benzene rings is 1. The van der Waals surface area contributed by atoms with Crippen molar-refractivity contribution in [1.82, 2.24) is 15.2 Å². The van der Waals surface area contributed by atoms with Gasteiger partial charge in [0.2, 0.25) is 5.91 Å². The molecule has 2 N–H and O–H groups in total. The largest absolute Gasteiger partial charge is 0.480 e. The standard InChI is InChI=1S/C24H27N3O5S/c1-14(16-8-6-5-7-9-16)26-23(33)27-19(21(29)30)17(20(27)28)12-15-10-11-25-18(13-15)22(31)32-24(2,3)4/h5-11,13-14,17,19H,12H2,1-4H3,(H,26,33)(H,29,30)/t14-,17?,19?/m1/s1. The van der Waals surface area contributed by atoms with E-state index >= 15 is 0 Å². The Labute approximate surface area is 198 Å². The number of carboxylic acids is 1. The number of β-lactam (4-membered cyclic amide) rings is 1. The molecule has 0 spiro atoms. The zero-order valence-electron chi connectivity index (χ0n) is 18.9. The fraction of sp³-hybridized carbons (Fsp3) is 0.375. The lowest BCUT2D eigenvalue weighted by atomic mass is 9.82. The predicted octanol–water partition coefficient (Wildman–Crippen LogP) is 3.13. The number of nitrogens with one attached hydrogen (secondary N) is 1. The first-order chi connectivity index (χ1) is 15.5. The van der Waals surface area contributed by atoms with Crippen LogP contribution in [0.4, 0.5) is 0 Å². The number of rotatable bonds is 6. The van der Waals surface area contributed by atoms with Crippen molar-refractivity contribution in [2.75, 3.05) is 0 Å². The molecule has 174 valence electrons. The van der Waals surface area contributed by atoms with Crippen LogP contribution in [0.25, 0.3) is 0 Å². The van der Waals surface area contributed by atoms with Crippen molar-refractivity contribution in [3.8, 4) is 0 Å². The van der Waals surface area contributed by atoms with Crippen LogP contribution in [-0.4, -0.2) is 49.6 Å². The average molecular weight is 470 g/mol. The average Bonchev–Trinajstić information content (AvgIpc) is 2.74. The number of carboxylic acid groups (broad SMARTS) is 1. The van der Waals surface area contributed by atoms with E-state index in [-0.39, 0.29) is 29.2 Å². The molecule has 2 unspecified atom stereocenters. The molecule has 1 saturated heterocycles. The van der Waals surface area contributed by atoms with E-state index in [0.29, 0.717) is 5.56 Å². The maximum atomic E-state index is 12.9. The molecule has 1 aromatic carbocycles. The van der Waals surface area contributed by atoms with Crippen molar-refractivity contribution < 1.29 is 24.2 Å². The highest BCUT2D eigenvalue weighted by atomic mass is 32.1. The van der Waals surface area contributed by atoms with Crippen LogP contribution in [0, 0.1) is 5.92 Å². The Morgan fingerprint density at radius 3 is 2.52 bits per heavy atom. The second-order valence-electron chi connectivity index (χ2n) is 8.94. The Bertz CT molecular complexity index is 1070. The molecule has 1 amide bonds. The minimum absolute atomic E-state index is 0.0733. The molecule has 1 aromatic heterocycles. The maximum absolute atomic E-state index is 12.9. The lowest BCUT2D eigenvalue weighted by Crippen LogP contribution is -2.68. The number of pyridine rings is 1. The van der Waals surface area contributed by atoms with Crippen molar-refractivity contribution >= 4 is 35.2 Å². The third-order valence-corrected chi connectivity index (χ3v) is 5.53. The number of amides is 1. The van der Waals surface area contributed by atoms with Crippen LogP contribution in [0.2, 0.25) is 0 Å². The zero-order valence-corrected chi connectivity index (χ0v) is 19.8. The van der Waals surface area contributed by atoms with E-state index in [1.165, 1.54) is 12.3 Å². The summed E-state index contributed by atoms with van der Waals surface area (Å²) in [5.74, 6) is -2.91. The highest BCUT2D eigenvalue weighted by Crippen LogP contribution is 2.31. The van der Waals surface area contributed by atoms with Gasteiger partial charge in [-0.2, -0.15) is 0 Å². The monoisotopic (exact) mass is 469 g/mol. The van der Waals surface area contributed by atoms with Crippen LogP contribution in [-0.2, 0) is 20.7 Å². The molecular formula is C24H27N3O5S. The first kappa shape index (κ1) is 24.3. The topological polar surface area (TPSA) is 109 Å². The van der Waals surface area contributed by atoms with Gasteiger partial charge >= 0.3 is 11.9 Å². The highest BCUT2D eigenvalue weighted by molar-refractivity contribution is 7.80. The molecule has 1 aliphatic heterocycles. The van der Waals surface area contributed by atoms with Gasteiger partial charge in [0.05, 0.1) is 12.0 Å². The van der Waals surface area contributed by atoms with Crippen LogP contribution in [0.3, 0.4) is 0 Å². The molecule has 2 heterocycles. The van der Waals surface area contributed by atoms with E-state index in [0.717, 1.165) is 10.5 Å². The Balaban J connectivity index is 1.71. The van der Waals surface area contributed by atoms with Crippen LogP contribution in [0.15, 0.2) is 48.7 Å². The van der Waals surface area contributed by atoms with E-state index in [2.05, 4.69) is 10.3 Å². The minimum Gasteiger partial charge on any atom is -0.480 e. The van der Waals surface area contributed by atoms with E-state index in [1.54, 1.807) is 26.8 Å². The lowest BCUT2D eigenvalue weighted by Gasteiger charge is -2.45. The Morgan fingerprint density at radius 1 is 1.24 bits per heavy atom. The van der Waals surface area contributed by atoms with Crippen LogP contribution < -0.4 is 5.32 Å². The SMILES string of the molecule is C[C@@H](NC(=S)N1C(=O)C(Cc2ccnc(C(=O)OC(C)(C)C)c2)C1C(=O)O)c1ccccc1. The van der Waals surface area contributed by atoms with E-state index in [4.69, 9.17) is 17.0 Å². The number of esters is 1. The number of ether oxygens (including phenoxy) is 1. The second-order valence-corrected chi connectivity index (χ2v) is 9.32. The van der Waals surface area contributed by atoms with Gasteiger partial charge in [-0.3, -0.25) is 9.69 Å². The Morgan fingerprint density at radius 2 is 1.91 bits per heavy atom. The molecule has 0 radical (unpaired) electrons. The molecule has 1 aliphatic rings. The van der Waals surface area contributed by atoms with E-state index in [1.807, 2.05) is 37.3 Å². The molecule has 1 fully saturated rings. The van der Waals surface area contributed by atoms with Crippen molar-refractivity contribution in [3.63, 3.8) is 0 Å². The van der Waals surface area contributed by atoms with Crippen LogP contribution >= 0.6 is 12.2 Å². The molecule has 2 aromatic rings. The normalized spacial score (nSPS) is 18.8. The third-order valence-electron chi connectivity index (χ3n) is 5.21. The molecule has 0 aliphatic carbocycles. The van der Waals surface area contributed by atoms with Gasteiger partial charge in [-0.1, -0.05) is 30.3 Å². The number of aliphatic carboxylic acids is 1. The quantitative estimate of drug-likeness (QED) is 0.377. The fourth-order valence-electron chi connectivity index (χ4n) is 3.63. The summed E-state index contributed by atoms with van der Waals surface area (Å²) in [7, 11) is 0. The number of nitrogens with zero attached hydrogens (tertiary/aromatic N) is 2. The summed E-state index contributed by atoms with van der Waals surface area (Å²) in [4.78, 5) is 42.3. The van der Waals surface area contributed by atoms with Gasteiger partial charge < -0.3 is 15.2 Å². The molecule has 8 nitrogen and oxygen atoms in total. The summed E-state index contributed by atoms with van der Waals surface area (Å²) >= 11 is 5.36. The molecular weight excluding hydrogens is 442 g/mol. The summed E-state index contributed by atoms with van der Waals surface area (Å²) in [6.07, 6.45) is 1.58. The number of thiocarbonyl (C=S) groups is 1. The zero-order chi connectivity index (χ0) is 24.3. The summed E-state index contributed by atoms with van der Waals surface area (Å²) < 4.78 is 5.33. The number of hydrogen-bond acceptors (Lipinski definition) is 6. The first-order valence-electron chi connectivity index (χ1n) is 10.6. The van der Waals surface area contributed by atoms with Gasteiger partial charge in [-0.25, -0.2) is 14.6 Å². The number of carbonyl (C=O) groups excluding carboxylic acids is 2.